The minimum atomic E-state index is -4.16. The summed E-state index contributed by atoms with van der Waals surface area (Å²) < 4.78 is 33.9. The Balaban J connectivity index is 2.04. The van der Waals surface area contributed by atoms with Gasteiger partial charge in [-0.2, -0.15) is 0 Å². The van der Waals surface area contributed by atoms with E-state index in [9.17, 15) is 18.0 Å². The maximum absolute atomic E-state index is 13.9. The van der Waals surface area contributed by atoms with E-state index in [4.69, 9.17) is 16.3 Å². The number of amides is 2. The van der Waals surface area contributed by atoms with E-state index in [1.165, 1.54) is 24.1 Å². The van der Waals surface area contributed by atoms with Gasteiger partial charge in [0.1, 0.15) is 18.3 Å². The minimum Gasteiger partial charge on any atom is -0.497 e. The fourth-order valence-electron chi connectivity index (χ4n) is 3.91. The lowest BCUT2D eigenvalue weighted by atomic mass is 10.1. The third-order valence-electron chi connectivity index (χ3n) is 6.15. The summed E-state index contributed by atoms with van der Waals surface area (Å²) >= 11 is 6.38. The largest absolute Gasteiger partial charge is 0.497 e. The molecule has 2 amide bonds. The van der Waals surface area contributed by atoms with Crippen LogP contribution in [0.15, 0.2) is 77.7 Å². The summed E-state index contributed by atoms with van der Waals surface area (Å²) in [7, 11) is -2.67. The number of anilines is 1. The first-order chi connectivity index (χ1) is 18.4. The zero-order valence-electron chi connectivity index (χ0n) is 22.7. The van der Waals surface area contributed by atoms with E-state index >= 15 is 0 Å². The number of carbonyl (C=O) groups excluding carboxylic acids is 2. The number of aryl methyl sites for hydroxylation is 1. The molecule has 1 atom stereocenters. The topological polar surface area (TPSA) is 96.0 Å². The second-order valence-corrected chi connectivity index (χ2v) is 11.7. The van der Waals surface area contributed by atoms with E-state index in [-0.39, 0.29) is 23.4 Å². The van der Waals surface area contributed by atoms with E-state index in [2.05, 4.69) is 5.32 Å². The second-order valence-electron chi connectivity index (χ2n) is 9.48. The second kappa shape index (κ2) is 13.0. The Labute approximate surface area is 235 Å². The number of rotatable bonds is 11. The van der Waals surface area contributed by atoms with Gasteiger partial charge in [0.05, 0.1) is 17.7 Å². The first kappa shape index (κ1) is 30.0. The van der Waals surface area contributed by atoms with E-state index in [0.717, 1.165) is 9.87 Å². The van der Waals surface area contributed by atoms with Crippen molar-refractivity contribution >= 4 is 39.1 Å². The smallest absolute Gasteiger partial charge is 0.264 e. The summed E-state index contributed by atoms with van der Waals surface area (Å²) in [5.74, 6) is -0.410. The number of benzene rings is 3. The van der Waals surface area contributed by atoms with Gasteiger partial charge in [0.25, 0.3) is 10.0 Å². The summed E-state index contributed by atoms with van der Waals surface area (Å²) in [5.41, 5.74) is 1.89. The molecule has 3 rings (SSSR count). The highest BCUT2D eigenvalue weighted by molar-refractivity contribution is 7.92. The van der Waals surface area contributed by atoms with Crippen LogP contribution in [0.4, 0.5) is 5.69 Å². The van der Waals surface area contributed by atoms with Gasteiger partial charge in [-0.25, -0.2) is 8.42 Å². The molecule has 208 valence electrons. The molecule has 0 spiro atoms. The number of carbonyl (C=O) groups is 2. The lowest BCUT2D eigenvalue weighted by molar-refractivity contribution is -0.139. The molecular formula is C29H34ClN3O5S. The van der Waals surface area contributed by atoms with E-state index in [1.54, 1.807) is 67.6 Å². The number of nitrogens with zero attached hydrogens (tertiary/aromatic N) is 2. The molecule has 0 heterocycles. The third kappa shape index (κ3) is 7.52. The molecular weight excluding hydrogens is 538 g/mol. The lowest BCUT2D eigenvalue weighted by Crippen LogP contribution is -2.52. The van der Waals surface area contributed by atoms with Crippen LogP contribution in [0.3, 0.4) is 0 Å². The van der Waals surface area contributed by atoms with Crippen LogP contribution in [0.5, 0.6) is 5.75 Å². The van der Waals surface area contributed by atoms with Gasteiger partial charge in [-0.15, -0.1) is 0 Å². The van der Waals surface area contributed by atoms with Gasteiger partial charge in [-0.3, -0.25) is 13.9 Å². The summed E-state index contributed by atoms with van der Waals surface area (Å²) in [6.07, 6.45) is 0. The van der Waals surface area contributed by atoms with Gasteiger partial charge < -0.3 is 15.0 Å². The zero-order valence-corrected chi connectivity index (χ0v) is 24.3. The maximum atomic E-state index is 13.9. The molecule has 39 heavy (non-hydrogen) atoms. The first-order valence-electron chi connectivity index (χ1n) is 12.5. The number of methoxy groups -OCH3 is 1. The Morgan fingerprint density at radius 1 is 0.949 bits per heavy atom. The molecule has 10 heteroatoms. The molecule has 1 N–H and O–H groups in total. The van der Waals surface area contributed by atoms with Crippen molar-refractivity contribution in [2.24, 2.45) is 0 Å². The van der Waals surface area contributed by atoms with Crippen LogP contribution in [-0.4, -0.2) is 50.9 Å². The zero-order chi connectivity index (χ0) is 28.7. The summed E-state index contributed by atoms with van der Waals surface area (Å²) in [5, 5.41) is 3.26. The lowest BCUT2D eigenvalue weighted by Gasteiger charge is -2.32. The molecule has 0 aromatic heterocycles. The summed E-state index contributed by atoms with van der Waals surface area (Å²) in [6.45, 7) is 6.64. The van der Waals surface area contributed by atoms with Crippen molar-refractivity contribution in [2.75, 3.05) is 18.0 Å². The van der Waals surface area contributed by atoms with Crippen LogP contribution < -0.4 is 14.4 Å². The predicted octanol–water partition coefficient (Wildman–Crippen LogP) is 4.79. The highest BCUT2D eigenvalue weighted by Gasteiger charge is 2.33. The van der Waals surface area contributed by atoms with Crippen LogP contribution in [0, 0.1) is 6.92 Å². The number of hydrogen-bond acceptors (Lipinski definition) is 5. The van der Waals surface area contributed by atoms with Crippen molar-refractivity contribution in [3.63, 3.8) is 0 Å². The Kier molecular flexibility index (Phi) is 9.99. The Morgan fingerprint density at radius 3 is 2.13 bits per heavy atom. The van der Waals surface area contributed by atoms with Crippen molar-refractivity contribution in [1.29, 1.82) is 0 Å². The van der Waals surface area contributed by atoms with Crippen molar-refractivity contribution in [2.45, 2.75) is 51.2 Å². The Morgan fingerprint density at radius 2 is 1.56 bits per heavy atom. The van der Waals surface area contributed by atoms with Crippen molar-refractivity contribution in [1.82, 2.24) is 10.2 Å². The fourth-order valence-corrected chi connectivity index (χ4v) is 5.52. The number of ether oxygens (including phenoxy) is 1. The molecule has 0 aliphatic carbocycles. The predicted molar refractivity (Wildman–Crippen MR) is 153 cm³/mol. The first-order valence-corrected chi connectivity index (χ1v) is 14.3. The molecule has 0 fully saturated rings. The third-order valence-corrected chi connectivity index (χ3v) is 8.30. The van der Waals surface area contributed by atoms with Crippen LogP contribution >= 0.6 is 11.6 Å². The van der Waals surface area contributed by atoms with Gasteiger partial charge in [0, 0.05) is 17.6 Å². The minimum absolute atomic E-state index is 0.0000666. The van der Waals surface area contributed by atoms with Gasteiger partial charge in [-0.1, -0.05) is 47.5 Å². The SMILES string of the molecule is COc1ccc(S(=O)(=O)N(CC(=O)N(Cc2ccccc2Cl)C(C)C(=O)NC(C)C)c2ccc(C)cc2)cc1. The molecule has 3 aromatic carbocycles. The number of sulfonamides is 1. The van der Waals surface area contributed by atoms with Crippen LogP contribution in [-0.2, 0) is 26.2 Å². The van der Waals surface area contributed by atoms with Crippen LogP contribution in [0.1, 0.15) is 31.9 Å². The fraction of sp³-hybridized carbons (Fsp3) is 0.310. The highest BCUT2D eigenvalue weighted by Crippen LogP contribution is 2.27. The monoisotopic (exact) mass is 571 g/mol. The van der Waals surface area contributed by atoms with Gasteiger partial charge in [0.15, 0.2) is 0 Å². The van der Waals surface area contributed by atoms with Crippen LogP contribution in [0.25, 0.3) is 0 Å². The van der Waals surface area contributed by atoms with E-state index in [0.29, 0.717) is 22.0 Å². The normalized spacial score (nSPS) is 12.1. The molecule has 0 radical (unpaired) electrons. The molecule has 0 aliphatic heterocycles. The molecule has 0 saturated heterocycles. The quantitative estimate of drug-likeness (QED) is 0.357. The molecule has 0 aliphatic rings. The van der Waals surface area contributed by atoms with Gasteiger partial charge >= 0.3 is 0 Å². The van der Waals surface area contributed by atoms with Gasteiger partial charge in [0.2, 0.25) is 11.8 Å². The van der Waals surface area contributed by atoms with Crippen molar-refractivity contribution in [3.05, 3.63) is 88.9 Å². The molecule has 1 unspecified atom stereocenters. The van der Waals surface area contributed by atoms with E-state index < -0.39 is 28.5 Å². The average Bonchev–Trinajstić information content (AvgIpc) is 2.91. The van der Waals surface area contributed by atoms with Crippen LogP contribution in [0.2, 0.25) is 5.02 Å². The highest BCUT2D eigenvalue weighted by atomic mass is 35.5. The number of hydrogen-bond donors (Lipinski definition) is 1. The van der Waals surface area contributed by atoms with E-state index in [1.807, 2.05) is 20.8 Å². The van der Waals surface area contributed by atoms with Crippen molar-refractivity contribution in [3.8, 4) is 5.75 Å². The Bertz CT molecular complexity index is 1390. The molecule has 3 aromatic rings. The van der Waals surface area contributed by atoms with Crippen molar-refractivity contribution < 1.29 is 22.7 Å². The standard InChI is InChI=1S/C29H34ClN3O5S/c1-20(2)31-29(35)22(4)32(18-23-8-6-7-9-27(23)30)28(34)19-33(24-12-10-21(3)11-13-24)39(36,37)26-16-14-25(38-5)15-17-26/h6-17,20,22H,18-19H2,1-5H3,(H,31,35). The van der Waals surface area contributed by atoms with Gasteiger partial charge in [-0.05, 0) is 75.7 Å². The average molecular weight is 572 g/mol. The molecule has 8 nitrogen and oxygen atoms in total. The molecule has 0 bridgehead atoms. The maximum Gasteiger partial charge on any atom is 0.264 e. The number of halogens is 1. The summed E-state index contributed by atoms with van der Waals surface area (Å²) in [6, 6.07) is 18.8. The Hall–Kier alpha value is -3.56. The summed E-state index contributed by atoms with van der Waals surface area (Å²) in [4.78, 5) is 28.2. The molecule has 0 saturated carbocycles. The number of nitrogens with one attached hydrogen (secondary N) is 1.